The topological polar surface area (TPSA) is 70.1 Å². The summed E-state index contributed by atoms with van der Waals surface area (Å²) < 4.78 is 6.39. The lowest BCUT2D eigenvalue weighted by molar-refractivity contribution is -0.143. The number of ether oxygens (including phenoxy) is 1. The second-order valence-electron chi connectivity index (χ2n) is 4.03. The van der Waals surface area contributed by atoms with Crippen molar-refractivity contribution in [3.8, 4) is 0 Å². The zero-order valence-electron chi connectivity index (χ0n) is 8.93. The molecule has 1 aliphatic carbocycles. The molecule has 5 heteroatoms. The highest BCUT2D eigenvalue weighted by Gasteiger charge is 2.54. The molecule has 0 spiro atoms. The van der Waals surface area contributed by atoms with E-state index in [1.54, 1.807) is 4.68 Å². The molecule has 0 aliphatic heterocycles. The number of aromatic nitrogens is 2. The van der Waals surface area contributed by atoms with E-state index in [4.69, 9.17) is 5.73 Å². The summed E-state index contributed by atoms with van der Waals surface area (Å²) in [6, 6.07) is 1.31. The first-order chi connectivity index (χ1) is 7.10. The van der Waals surface area contributed by atoms with Gasteiger partial charge in [-0.05, 0) is 18.9 Å². The van der Waals surface area contributed by atoms with Gasteiger partial charge in [-0.1, -0.05) is 0 Å². The fourth-order valence-corrected chi connectivity index (χ4v) is 1.89. The molecule has 5 nitrogen and oxygen atoms in total. The van der Waals surface area contributed by atoms with Gasteiger partial charge in [-0.3, -0.25) is 9.48 Å². The summed E-state index contributed by atoms with van der Waals surface area (Å²) in [4.78, 5) is 11.4. The summed E-state index contributed by atoms with van der Waals surface area (Å²) in [5, 5.41) is 4.31. The van der Waals surface area contributed by atoms with Gasteiger partial charge in [0.1, 0.15) is 6.04 Å². The molecule has 1 saturated carbocycles. The molecule has 1 fully saturated rings. The molecule has 15 heavy (non-hydrogen) atoms. The zero-order valence-corrected chi connectivity index (χ0v) is 8.93. The molecule has 1 aromatic rings. The minimum Gasteiger partial charge on any atom is -0.468 e. The summed E-state index contributed by atoms with van der Waals surface area (Å²) >= 11 is 0. The van der Waals surface area contributed by atoms with Gasteiger partial charge in [-0.15, -0.1) is 0 Å². The van der Waals surface area contributed by atoms with Gasteiger partial charge in [-0.25, -0.2) is 0 Å². The number of hydrogen-bond acceptors (Lipinski definition) is 4. The predicted octanol–water partition coefficient (Wildman–Crippen LogP) is -0.0480. The SMILES string of the molecule is COC(=O)C(N)C1(c2ccn(C)n2)CC1. The van der Waals surface area contributed by atoms with Crippen molar-refractivity contribution in [3.63, 3.8) is 0 Å². The minimum absolute atomic E-state index is 0.283. The molecule has 1 aliphatic rings. The maximum absolute atomic E-state index is 11.4. The number of carbonyl (C=O) groups is 1. The molecule has 1 atom stereocenters. The summed E-state index contributed by atoms with van der Waals surface area (Å²) in [7, 11) is 3.21. The Hall–Kier alpha value is -1.36. The second-order valence-corrected chi connectivity index (χ2v) is 4.03. The van der Waals surface area contributed by atoms with Crippen LogP contribution in [0.3, 0.4) is 0 Å². The van der Waals surface area contributed by atoms with Crippen LogP contribution >= 0.6 is 0 Å². The maximum atomic E-state index is 11.4. The lowest BCUT2D eigenvalue weighted by Gasteiger charge is -2.18. The van der Waals surface area contributed by atoms with Crippen LogP contribution in [0.2, 0.25) is 0 Å². The van der Waals surface area contributed by atoms with E-state index in [-0.39, 0.29) is 11.4 Å². The molecule has 82 valence electrons. The first-order valence-corrected chi connectivity index (χ1v) is 4.94. The van der Waals surface area contributed by atoms with E-state index < -0.39 is 6.04 Å². The molecule has 1 unspecified atom stereocenters. The highest BCUT2D eigenvalue weighted by molar-refractivity contribution is 5.78. The first kappa shape index (κ1) is 10.2. The van der Waals surface area contributed by atoms with Crippen molar-refractivity contribution in [2.24, 2.45) is 12.8 Å². The van der Waals surface area contributed by atoms with Gasteiger partial charge in [0.25, 0.3) is 0 Å². The second kappa shape index (κ2) is 3.34. The summed E-state index contributed by atoms with van der Waals surface area (Å²) in [5.41, 5.74) is 6.49. The van der Waals surface area contributed by atoms with Crippen LogP contribution in [-0.2, 0) is 22.0 Å². The Morgan fingerprint density at radius 3 is 2.80 bits per heavy atom. The quantitative estimate of drug-likeness (QED) is 0.709. The Kier molecular flexibility index (Phi) is 2.26. The van der Waals surface area contributed by atoms with E-state index in [1.807, 2.05) is 19.3 Å². The Bertz CT molecular complexity index is 382. The minimum atomic E-state index is -0.600. The number of hydrogen-bond donors (Lipinski definition) is 1. The first-order valence-electron chi connectivity index (χ1n) is 4.94. The van der Waals surface area contributed by atoms with Crippen molar-refractivity contribution in [1.82, 2.24) is 9.78 Å². The van der Waals surface area contributed by atoms with Gasteiger partial charge in [0.05, 0.1) is 12.8 Å². The van der Waals surface area contributed by atoms with Crippen LogP contribution in [0.1, 0.15) is 18.5 Å². The highest BCUT2D eigenvalue weighted by Crippen LogP contribution is 2.49. The molecular weight excluding hydrogens is 194 g/mol. The largest absolute Gasteiger partial charge is 0.468 e. The summed E-state index contributed by atoms with van der Waals surface area (Å²) in [5.74, 6) is -0.363. The highest BCUT2D eigenvalue weighted by atomic mass is 16.5. The molecule has 0 aromatic carbocycles. The molecule has 0 radical (unpaired) electrons. The van der Waals surface area contributed by atoms with Crippen LogP contribution < -0.4 is 5.73 Å². The van der Waals surface area contributed by atoms with Gasteiger partial charge in [0, 0.05) is 18.7 Å². The van der Waals surface area contributed by atoms with E-state index in [2.05, 4.69) is 9.84 Å². The number of esters is 1. The fourth-order valence-electron chi connectivity index (χ4n) is 1.89. The number of rotatable bonds is 3. The Labute approximate surface area is 88.2 Å². The third-order valence-corrected chi connectivity index (χ3v) is 3.06. The fraction of sp³-hybridized carbons (Fsp3) is 0.600. The summed E-state index contributed by atoms with van der Waals surface area (Å²) in [6.45, 7) is 0. The number of carbonyl (C=O) groups excluding carboxylic acids is 1. The van der Waals surface area contributed by atoms with Crippen LogP contribution in [0, 0.1) is 0 Å². The normalized spacial score (nSPS) is 19.7. The number of methoxy groups -OCH3 is 1. The van der Waals surface area contributed by atoms with Crippen LogP contribution in [-0.4, -0.2) is 28.9 Å². The maximum Gasteiger partial charge on any atom is 0.323 e. The third-order valence-electron chi connectivity index (χ3n) is 3.06. The predicted molar refractivity (Wildman–Crippen MR) is 54.1 cm³/mol. The smallest absolute Gasteiger partial charge is 0.323 e. The van der Waals surface area contributed by atoms with E-state index in [0.29, 0.717) is 0 Å². The van der Waals surface area contributed by atoms with Gasteiger partial charge in [0.15, 0.2) is 0 Å². The molecule has 2 rings (SSSR count). The van der Waals surface area contributed by atoms with E-state index in [9.17, 15) is 4.79 Å². The van der Waals surface area contributed by atoms with E-state index in [1.165, 1.54) is 7.11 Å². The van der Waals surface area contributed by atoms with Gasteiger partial charge in [0.2, 0.25) is 0 Å². The molecule has 1 heterocycles. The molecule has 1 aromatic heterocycles. The van der Waals surface area contributed by atoms with Crippen molar-refractivity contribution in [3.05, 3.63) is 18.0 Å². The Morgan fingerprint density at radius 1 is 1.73 bits per heavy atom. The monoisotopic (exact) mass is 209 g/mol. The van der Waals surface area contributed by atoms with Crippen molar-refractivity contribution < 1.29 is 9.53 Å². The summed E-state index contributed by atoms with van der Waals surface area (Å²) in [6.07, 6.45) is 3.67. The van der Waals surface area contributed by atoms with Crippen LogP contribution in [0.25, 0.3) is 0 Å². The van der Waals surface area contributed by atoms with Crippen LogP contribution in [0.5, 0.6) is 0 Å². The number of nitrogens with two attached hydrogens (primary N) is 1. The third kappa shape index (κ3) is 1.52. The number of nitrogens with zero attached hydrogens (tertiary/aromatic N) is 2. The van der Waals surface area contributed by atoms with Crippen molar-refractivity contribution in [1.29, 1.82) is 0 Å². The molecule has 2 N–H and O–H groups in total. The average molecular weight is 209 g/mol. The van der Waals surface area contributed by atoms with E-state index in [0.717, 1.165) is 18.5 Å². The zero-order chi connectivity index (χ0) is 11.1. The van der Waals surface area contributed by atoms with Gasteiger partial charge in [-0.2, -0.15) is 5.10 Å². The van der Waals surface area contributed by atoms with Crippen molar-refractivity contribution in [2.75, 3.05) is 7.11 Å². The average Bonchev–Trinajstić information content (AvgIpc) is 2.94. The standard InChI is InChI=1S/C10H15N3O2/c1-13-6-3-7(12-13)10(4-5-10)8(11)9(14)15-2/h3,6,8H,4-5,11H2,1-2H3. The van der Waals surface area contributed by atoms with Gasteiger partial charge >= 0.3 is 5.97 Å². The van der Waals surface area contributed by atoms with Crippen molar-refractivity contribution in [2.45, 2.75) is 24.3 Å². The number of aryl methyl sites for hydroxylation is 1. The molecular formula is C10H15N3O2. The lowest BCUT2D eigenvalue weighted by Crippen LogP contribution is -2.43. The van der Waals surface area contributed by atoms with Crippen LogP contribution in [0.4, 0.5) is 0 Å². The Morgan fingerprint density at radius 2 is 2.40 bits per heavy atom. The van der Waals surface area contributed by atoms with Gasteiger partial charge < -0.3 is 10.5 Å². The molecule has 0 saturated heterocycles. The molecule has 0 bridgehead atoms. The lowest BCUT2D eigenvalue weighted by atomic mass is 9.93. The van der Waals surface area contributed by atoms with Crippen molar-refractivity contribution >= 4 is 5.97 Å². The Balaban J connectivity index is 2.24. The van der Waals surface area contributed by atoms with Crippen LogP contribution in [0.15, 0.2) is 12.3 Å². The van der Waals surface area contributed by atoms with E-state index >= 15 is 0 Å². The molecule has 0 amide bonds.